The highest BCUT2D eigenvalue weighted by Crippen LogP contribution is 2.31. The Kier molecular flexibility index (Phi) is 7.33. The SMILES string of the molecule is O=C(Nc1ccc(F)cc1)[C@@H]1CC(=O)N(Cc2ccc(Cl)cc2)C(=Nc2ccc(Cl)cc2)S1. The normalized spacial score (nSPS) is 17.3. The van der Waals surface area contributed by atoms with Gasteiger partial charge in [0.25, 0.3) is 0 Å². The molecular weight excluding hydrogens is 484 g/mol. The standard InChI is InChI=1S/C24H18Cl2FN3O2S/c25-16-3-1-15(2-4-16)14-30-22(31)13-21(23(32)28-19-11-7-18(27)8-12-19)33-24(30)29-20-9-5-17(26)6-10-20/h1-12,21H,13-14H2,(H,28,32)/t21-/m0/s1. The molecule has 33 heavy (non-hydrogen) atoms. The summed E-state index contributed by atoms with van der Waals surface area (Å²) in [5.74, 6) is -0.976. The summed E-state index contributed by atoms with van der Waals surface area (Å²) in [7, 11) is 0. The Morgan fingerprint density at radius 2 is 1.61 bits per heavy atom. The molecule has 0 aliphatic carbocycles. The van der Waals surface area contributed by atoms with Gasteiger partial charge in [-0.1, -0.05) is 47.1 Å². The molecule has 1 fully saturated rings. The van der Waals surface area contributed by atoms with Crippen LogP contribution in [0.5, 0.6) is 0 Å². The average Bonchev–Trinajstić information content (AvgIpc) is 2.80. The van der Waals surface area contributed by atoms with E-state index in [4.69, 9.17) is 23.2 Å². The molecule has 168 valence electrons. The third kappa shape index (κ3) is 6.13. The van der Waals surface area contributed by atoms with Gasteiger partial charge in [-0.25, -0.2) is 9.38 Å². The minimum Gasteiger partial charge on any atom is -0.325 e. The summed E-state index contributed by atoms with van der Waals surface area (Å²) in [6.07, 6.45) is 0.00488. The van der Waals surface area contributed by atoms with E-state index in [1.807, 2.05) is 12.1 Å². The number of hydrogen-bond donors (Lipinski definition) is 1. The van der Waals surface area contributed by atoms with E-state index in [0.717, 1.165) is 5.56 Å². The molecule has 0 saturated carbocycles. The molecule has 3 aromatic carbocycles. The zero-order chi connectivity index (χ0) is 23.4. The number of amidine groups is 1. The van der Waals surface area contributed by atoms with Gasteiger partial charge in [0.05, 0.1) is 12.2 Å². The third-order valence-corrected chi connectivity index (χ3v) is 6.54. The lowest BCUT2D eigenvalue weighted by Crippen LogP contribution is -2.44. The van der Waals surface area contributed by atoms with Gasteiger partial charge >= 0.3 is 0 Å². The van der Waals surface area contributed by atoms with Gasteiger partial charge in [-0.15, -0.1) is 0 Å². The quantitative estimate of drug-likeness (QED) is 0.446. The Hall–Kier alpha value is -2.87. The summed E-state index contributed by atoms with van der Waals surface area (Å²) < 4.78 is 13.2. The third-order valence-electron chi connectivity index (χ3n) is 4.85. The van der Waals surface area contributed by atoms with E-state index < -0.39 is 11.1 Å². The smallest absolute Gasteiger partial charge is 0.238 e. The van der Waals surface area contributed by atoms with Crippen molar-refractivity contribution in [3.05, 3.63) is 94.2 Å². The highest BCUT2D eigenvalue weighted by molar-refractivity contribution is 8.15. The van der Waals surface area contributed by atoms with Crippen LogP contribution < -0.4 is 5.32 Å². The van der Waals surface area contributed by atoms with E-state index in [9.17, 15) is 14.0 Å². The van der Waals surface area contributed by atoms with E-state index >= 15 is 0 Å². The summed E-state index contributed by atoms with van der Waals surface area (Å²) in [6.45, 7) is 0.293. The largest absolute Gasteiger partial charge is 0.325 e. The molecule has 9 heteroatoms. The number of aliphatic imine (C=N–C) groups is 1. The molecule has 1 aliphatic heterocycles. The van der Waals surface area contributed by atoms with Crippen LogP contribution in [-0.2, 0) is 16.1 Å². The van der Waals surface area contributed by atoms with Crippen LogP contribution >= 0.6 is 35.0 Å². The Morgan fingerprint density at radius 3 is 2.24 bits per heavy atom. The lowest BCUT2D eigenvalue weighted by atomic mass is 10.2. The van der Waals surface area contributed by atoms with Crippen molar-refractivity contribution in [2.75, 3.05) is 5.32 Å². The second-order valence-corrected chi connectivity index (χ2v) is 9.33. The molecule has 0 radical (unpaired) electrons. The monoisotopic (exact) mass is 501 g/mol. The fourth-order valence-electron chi connectivity index (χ4n) is 3.15. The fourth-order valence-corrected chi connectivity index (χ4v) is 4.50. The van der Waals surface area contributed by atoms with E-state index in [1.165, 1.54) is 36.0 Å². The van der Waals surface area contributed by atoms with E-state index in [1.54, 1.807) is 41.3 Å². The van der Waals surface area contributed by atoms with Gasteiger partial charge in [-0.2, -0.15) is 0 Å². The zero-order valence-electron chi connectivity index (χ0n) is 17.2. The van der Waals surface area contributed by atoms with Crippen LogP contribution in [0.4, 0.5) is 15.8 Å². The zero-order valence-corrected chi connectivity index (χ0v) is 19.5. The van der Waals surface area contributed by atoms with E-state index in [2.05, 4.69) is 10.3 Å². The van der Waals surface area contributed by atoms with Crippen LogP contribution in [0.25, 0.3) is 0 Å². The van der Waals surface area contributed by atoms with Crippen molar-refractivity contribution in [2.45, 2.75) is 18.2 Å². The summed E-state index contributed by atoms with van der Waals surface area (Å²) in [6, 6.07) is 19.5. The Morgan fingerprint density at radius 1 is 1.00 bits per heavy atom. The van der Waals surface area contributed by atoms with Crippen molar-refractivity contribution in [3.8, 4) is 0 Å². The summed E-state index contributed by atoms with van der Waals surface area (Å²) in [5.41, 5.74) is 1.94. The molecule has 1 heterocycles. The summed E-state index contributed by atoms with van der Waals surface area (Å²) in [5, 5.41) is 3.63. The lowest BCUT2D eigenvalue weighted by molar-refractivity contribution is -0.129. The van der Waals surface area contributed by atoms with Gasteiger partial charge < -0.3 is 5.32 Å². The van der Waals surface area contributed by atoms with Gasteiger partial charge in [-0.3, -0.25) is 14.5 Å². The number of carbonyl (C=O) groups excluding carboxylic acids is 2. The molecule has 0 spiro atoms. The van der Waals surface area contributed by atoms with E-state index in [-0.39, 0.29) is 18.2 Å². The van der Waals surface area contributed by atoms with Crippen molar-refractivity contribution in [1.82, 2.24) is 4.90 Å². The number of amides is 2. The number of benzene rings is 3. The maximum atomic E-state index is 13.2. The lowest BCUT2D eigenvalue weighted by Gasteiger charge is -2.32. The predicted molar refractivity (Wildman–Crippen MR) is 132 cm³/mol. The molecule has 4 rings (SSSR count). The minimum absolute atomic E-state index is 0.00488. The average molecular weight is 502 g/mol. The van der Waals surface area contributed by atoms with Gasteiger partial charge in [0.2, 0.25) is 11.8 Å². The second kappa shape index (κ2) is 10.4. The highest BCUT2D eigenvalue weighted by Gasteiger charge is 2.36. The van der Waals surface area contributed by atoms with Gasteiger partial charge in [0.15, 0.2) is 5.17 Å². The number of nitrogens with zero attached hydrogens (tertiary/aromatic N) is 2. The van der Waals surface area contributed by atoms with Gasteiger partial charge in [0.1, 0.15) is 11.1 Å². The van der Waals surface area contributed by atoms with Gasteiger partial charge in [0, 0.05) is 22.2 Å². The van der Waals surface area contributed by atoms with Crippen LogP contribution in [0.15, 0.2) is 77.8 Å². The minimum atomic E-state index is -0.685. The number of anilines is 1. The highest BCUT2D eigenvalue weighted by atomic mass is 35.5. The first kappa shape index (κ1) is 23.3. The molecule has 3 aromatic rings. The second-order valence-electron chi connectivity index (χ2n) is 7.28. The van der Waals surface area contributed by atoms with Crippen molar-refractivity contribution < 1.29 is 14.0 Å². The molecule has 2 amide bonds. The van der Waals surface area contributed by atoms with Crippen LogP contribution in [0, 0.1) is 5.82 Å². The maximum Gasteiger partial charge on any atom is 0.238 e. The van der Waals surface area contributed by atoms with Crippen molar-refractivity contribution in [1.29, 1.82) is 0 Å². The molecular formula is C24H18Cl2FN3O2S. The van der Waals surface area contributed by atoms with Crippen molar-refractivity contribution in [2.24, 2.45) is 4.99 Å². The first-order valence-electron chi connectivity index (χ1n) is 9.99. The molecule has 0 aromatic heterocycles. The number of rotatable bonds is 5. The number of thioether (sulfide) groups is 1. The van der Waals surface area contributed by atoms with Crippen molar-refractivity contribution in [3.63, 3.8) is 0 Å². The number of nitrogens with one attached hydrogen (secondary N) is 1. The molecule has 5 nitrogen and oxygen atoms in total. The number of carbonyl (C=O) groups is 2. The van der Waals surface area contributed by atoms with Crippen LogP contribution in [0.3, 0.4) is 0 Å². The first-order chi connectivity index (χ1) is 15.9. The van der Waals surface area contributed by atoms with Crippen LogP contribution in [-0.4, -0.2) is 27.1 Å². The molecule has 0 bridgehead atoms. The van der Waals surface area contributed by atoms with Crippen molar-refractivity contribution >= 4 is 63.3 Å². The number of halogens is 3. The molecule has 1 saturated heterocycles. The van der Waals surface area contributed by atoms with Gasteiger partial charge in [-0.05, 0) is 66.2 Å². The predicted octanol–water partition coefficient (Wildman–Crippen LogP) is 6.29. The topological polar surface area (TPSA) is 61.8 Å². The fraction of sp³-hybridized carbons (Fsp3) is 0.125. The Balaban J connectivity index is 1.59. The molecule has 1 aliphatic rings. The van der Waals surface area contributed by atoms with Crippen LogP contribution in [0.2, 0.25) is 10.0 Å². The van der Waals surface area contributed by atoms with E-state index in [0.29, 0.717) is 33.1 Å². The molecule has 1 N–H and O–H groups in total. The summed E-state index contributed by atoms with van der Waals surface area (Å²) >= 11 is 13.2. The maximum absolute atomic E-state index is 13.2. The summed E-state index contributed by atoms with van der Waals surface area (Å²) in [4.78, 5) is 32.1. The van der Waals surface area contributed by atoms with Crippen LogP contribution in [0.1, 0.15) is 12.0 Å². The first-order valence-corrected chi connectivity index (χ1v) is 11.6. The number of hydrogen-bond acceptors (Lipinski definition) is 4. The Bertz CT molecular complexity index is 1190. The molecule has 1 atom stereocenters. The Labute approximate surface area is 204 Å². The molecule has 0 unspecified atom stereocenters.